The number of hydrogen-bond donors (Lipinski definition) is 1. The molecule has 3 heterocycles. The van der Waals surface area contributed by atoms with Gasteiger partial charge in [-0.2, -0.15) is 13.9 Å². The van der Waals surface area contributed by atoms with E-state index in [1.807, 2.05) is 18.7 Å². The van der Waals surface area contributed by atoms with Gasteiger partial charge in [-0.25, -0.2) is 0 Å². The molecule has 0 bridgehead atoms. The topological polar surface area (TPSA) is 49.0 Å². The molecule has 8 heteroatoms. The first-order valence-corrected chi connectivity index (χ1v) is 9.89. The van der Waals surface area contributed by atoms with E-state index in [0.717, 1.165) is 37.2 Å². The number of carbonyl (C=O) groups is 1. The summed E-state index contributed by atoms with van der Waals surface area (Å²) in [5, 5.41) is 6.41. The van der Waals surface area contributed by atoms with E-state index in [-0.39, 0.29) is 11.6 Å². The summed E-state index contributed by atoms with van der Waals surface area (Å²) in [4.78, 5) is 15.7. The zero-order valence-electron chi connectivity index (χ0n) is 14.7. The quantitative estimate of drug-likeness (QED) is 0.752. The average molecular weight is 387 g/mol. The van der Waals surface area contributed by atoms with Crippen molar-refractivity contribution in [1.82, 2.24) is 15.1 Å². The van der Waals surface area contributed by atoms with Gasteiger partial charge >= 0.3 is 0 Å². The zero-order valence-corrected chi connectivity index (χ0v) is 16.7. The molecular formula is C17H24F2N3OPS. The number of piperidine rings is 1. The third-order valence-electron chi connectivity index (χ3n) is 4.04. The van der Waals surface area contributed by atoms with Gasteiger partial charge in [0.2, 0.25) is 0 Å². The van der Waals surface area contributed by atoms with Gasteiger partial charge in [-0.05, 0) is 38.3 Å². The van der Waals surface area contributed by atoms with Gasteiger partial charge in [0.25, 0.3) is 11.6 Å². The van der Waals surface area contributed by atoms with Crippen molar-refractivity contribution in [2.75, 3.05) is 13.1 Å². The van der Waals surface area contributed by atoms with Crippen molar-refractivity contribution >= 4 is 26.5 Å². The van der Waals surface area contributed by atoms with E-state index in [4.69, 9.17) is 0 Å². The van der Waals surface area contributed by atoms with Gasteiger partial charge in [0, 0.05) is 18.7 Å². The summed E-state index contributed by atoms with van der Waals surface area (Å²) < 4.78 is 26.9. The summed E-state index contributed by atoms with van der Waals surface area (Å²) in [5.41, 5.74) is -2.37. The van der Waals surface area contributed by atoms with Crippen LogP contribution in [0.3, 0.4) is 0 Å². The van der Waals surface area contributed by atoms with Gasteiger partial charge in [0.05, 0.1) is 9.75 Å². The Morgan fingerprint density at radius 1 is 1.28 bits per heavy atom. The maximum Gasteiger partial charge on any atom is 0.299 e. The van der Waals surface area contributed by atoms with Gasteiger partial charge in [0.15, 0.2) is 0 Å². The number of aromatic nitrogens is 2. The lowest BCUT2D eigenvalue weighted by atomic mass is 10.1. The minimum atomic E-state index is -3.04. The molecule has 1 aliphatic rings. The summed E-state index contributed by atoms with van der Waals surface area (Å²) in [7, 11) is 1.51. The molecule has 0 spiro atoms. The molecule has 4 nitrogen and oxygen atoms in total. The fourth-order valence-electron chi connectivity index (χ4n) is 2.80. The van der Waals surface area contributed by atoms with Gasteiger partial charge in [-0.3, -0.25) is 9.89 Å². The van der Waals surface area contributed by atoms with Crippen LogP contribution >= 0.6 is 20.6 Å². The molecule has 0 aliphatic carbocycles. The number of hydrogen-bond acceptors (Lipinski definition) is 3. The van der Waals surface area contributed by atoms with Crippen molar-refractivity contribution in [2.24, 2.45) is 0 Å². The van der Waals surface area contributed by atoms with Crippen LogP contribution in [0.15, 0.2) is 12.1 Å². The molecule has 0 radical (unpaired) electrons. The number of aromatic amines is 1. The second-order valence-electron chi connectivity index (χ2n) is 5.71. The predicted octanol–water partition coefficient (Wildman–Crippen LogP) is 5.02. The van der Waals surface area contributed by atoms with Crippen molar-refractivity contribution in [3.05, 3.63) is 28.3 Å². The molecule has 3 rings (SSSR count). The molecule has 1 aliphatic heterocycles. The molecule has 1 unspecified atom stereocenters. The fourth-order valence-corrected chi connectivity index (χ4v) is 4.10. The predicted molar refractivity (Wildman–Crippen MR) is 101 cm³/mol. The van der Waals surface area contributed by atoms with Crippen molar-refractivity contribution in [1.29, 1.82) is 0 Å². The number of alkyl halides is 2. The number of rotatable bonds is 3. The van der Waals surface area contributed by atoms with E-state index in [1.165, 1.54) is 20.6 Å². The van der Waals surface area contributed by atoms with Crippen LogP contribution < -0.4 is 0 Å². The summed E-state index contributed by atoms with van der Waals surface area (Å²) in [6, 6.07) is 3.53. The third-order valence-corrected chi connectivity index (χ3v) is 5.41. The van der Waals surface area contributed by atoms with Gasteiger partial charge in [-0.1, -0.05) is 23.1 Å². The molecule has 1 fully saturated rings. The van der Waals surface area contributed by atoms with Crippen LogP contribution in [-0.4, -0.2) is 34.1 Å². The molecule has 0 aromatic carbocycles. The molecule has 0 saturated carbocycles. The monoisotopic (exact) mass is 387 g/mol. The Kier molecular flexibility index (Phi) is 6.69. The molecule has 1 N–H and O–H groups in total. The van der Waals surface area contributed by atoms with Crippen LogP contribution in [0.5, 0.6) is 0 Å². The Labute approximate surface area is 153 Å². The highest BCUT2D eigenvalue weighted by molar-refractivity contribution is 7.18. The normalized spacial score (nSPS) is 14.9. The zero-order chi connectivity index (χ0) is 18.6. The highest BCUT2D eigenvalue weighted by atomic mass is 32.1. The number of thiophene rings is 1. The van der Waals surface area contributed by atoms with E-state index < -0.39 is 5.66 Å². The molecular weight excluding hydrogens is 363 g/mol. The summed E-state index contributed by atoms with van der Waals surface area (Å²) in [6.07, 6.45) is 3.24. The van der Waals surface area contributed by atoms with Gasteiger partial charge in [-0.15, -0.1) is 11.3 Å². The molecule has 1 amide bonds. The highest BCUT2D eigenvalue weighted by Gasteiger charge is 2.31. The molecule has 2 aromatic heterocycles. The minimum Gasteiger partial charge on any atom is -0.338 e. The Hall–Kier alpha value is -1.33. The largest absolute Gasteiger partial charge is 0.338 e. The lowest BCUT2D eigenvalue weighted by Gasteiger charge is -2.26. The second kappa shape index (κ2) is 8.37. The first-order chi connectivity index (χ1) is 11.9. The lowest BCUT2D eigenvalue weighted by Crippen LogP contribution is -2.35. The van der Waals surface area contributed by atoms with Crippen LogP contribution in [0.2, 0.25) is 0 Å². The summed E-state index contributed by atoms with van der Waals surface area (Å²) >= 11 is 1.30. The first kappa shape index (κ1) is 20.0. The molecule has 1 saturated heterocycles. The number of H-pyrrole nitrogens is 1. The number of carbonyl (C=O) groups excluding carboxylic acids is 1. The van der Waals surface area contributed by atoms with Crippen molar-refractivity contribution in [3.8, 4) is 10.6 Å². The van der Waals surface area contributed by atoms with Crippen LogP contribution in [0.1, 0.15) is 54.0 Å². The smallest absolute Gasteiger partial charge is 0.299 e. The Morgan fingerprint density at radius 3 is 2.48 bits per heavy atom. The third kappa shape index (κ3) is 4.45. The molecule has 138 valence electrons. The highest BCUT2D eigenvalue weighted by Crippen LogP contribution is 2.39. The molecule has 1 atom stereocenters. The summed E-state index contributed by atoms with van der Waals surface area (Å²) in [6.45, 7) is 7.19. The number of likely N-dealkylation sites (tertiary alicyclic amines) is 1. The van der Waals surface area contributed by atoms with E-state index in [9.17, 15) is 13.6 Å². The maximum absolute atomic E-state index is 13.5. The van der Waals surface area contributed by atoms with Crippen molar-refractivity contribution in [2.45, 2.75) is 45.7 Å². The van der Waals surface area contributed by atoms with Crippen LogP contribution in [-0.2, 0) is 5.66 Å². The molecule has 25 heavy (non-hydrogen) atoms. The number of nitrogens with zero attached hydrogens (tertiary/aromatic N) is 2. The van der Waals surface area contributed by atoms with E-state index in [0.29, 0.717) is 16.1 Å². The number of amides is 1. The van der Waals surface area contributed by atoms with Crippen molar-refractivity contribution < 1.29 is 13.6 Å². The summed E-state index contributed by atoms with van der Waals surface area (Å²) in [5.74, 6) is 0.0192. The Bertz CT molecular complexity index is 718. The van der Waals surface area contributed by atoms with Crippen LogP contribution in [0, 0.1) is 6.92 Å². The van der Waals surface area contributed by atoms with Crippen molar-refractivity contribution in [3.63, 3.8) is 0 Å². The SMILES string of the molecule is CC.Cc1c(-c2ccc(C(=O)N3CCCCC3)s2)n[nH]c1C(F)(F)P. The first-order valence-electron chi connectivity index (χ1n) is 8.49. The standard InChI is InChI=1S/C15H18F2N3OPS.C2H6/c1-9-12(18-19-13(9)15(16,17)22)10-5-6-11(23-10)14(21)20-7-3-2-4-8-20;1-2/h5-6H,2-4,7-8,22H2,1H3,(H,18,19);1-2H3. The van der Waals surface area contributed by atoms with Gasteiger partial charge < -0.3 is 4.90 Å². The van der Waals surface area contributed by atoms with Gasteiger partial charge in [0.1, 0.15) is 11.4 Å². The fraction of sp³-hybridized carbons (Fsp3) is 0.529. The van der Waals surface area contributed by atoms with Crippen LogP contribution in [0.25, 0.3) is 10.6 Å². The Morgan fingerprint density at radius 2 is 1.92 bits per heavy atom. The number of halogens is 2. The average Bonchev–Trinajstić information content (AvgIpc) is 3.23. The van der Waals surface area contributed by atoms with Crippen LogP contribution in [0.4, 0.5) is 8.78 Å². The number of nitrogens with one attached hydrogen (secondary N) is 1. The lowest BCUT2D eigenvalue weighted by molar-refractivity contribution is 0.0729. The maximum atomic E-state index is 13.5. The van der Waals surface area contributed by atoms with E-state index >= 15 is 0 Å². The second-order valence-corrected chi connectivity index (χ2v) is 7.52. The van der Waals surface area contributed by atoms with E-state index in [2.05, 4.69) is 10.2 Å². The molecule has 2 aromatic rings. The minimum absolute atomic E-state index is 0.0192. The Balaban J connectivity index is 0.00000109. The van der Waals surface area contributed by atoms with E-state index in [1.54, 1.807) is 19.1 Å².